The first-order valence-corrected chi connectivity index (χ1v) is 4.58. The van der Waals surface area contributed by atoms with Gasteiger partial charge in [-0.2, -0.15) is 0 Å². The molecular formula is C9H7NO2S. The van der Waals surface area contributed by atoms with Crippen LogP contribution in [-0.4, -0.2) is 16.1 Å². The Kier molecular flexibility index (Phi) is 1.77. The third-order valence-corrected chi connectivity index (χ3v) is 2.76. The first kappa shape index (κ1) is 8.19. The van der Waals surface area contributed by atoms with Gasteiger partial charge < -0.3 is 5.11 Å². The average Bonchev–Trinajstić information content (AvgIpc) is 2.42. The summed E-state index contributed by atoms with van der Waals surface area (Å²) in [5.41, 5.74) is 0.106. The predicted octanol–water partition coefficient (Wildman–Crippen LogP) is 2.30. The van der Waals surface area contributed by atoms with Crippen LogP contribution in [0.1, 0.15) is 15.4 Å². The van der Waals surface area contributed by atoms with Crippen molar-refractivity contribution in [3.05, 3.63) is 28.9 Å². The number of rotatable bonds is 1. The van der Waals surface area contributed by atoms with Gasteiger partial charge >= 0.3 is 5.97 Å². The van der Waals surface area contributed by atoms with Crippen LogP contribution >= 0.6 is 11.3 Å². The van der Waals surface area contributed by atoms with Crippen LogP contribution < -0.4 is 0 Å². The highest BCUT2D eigenvalue weighted by molar-refractivity contribution is 7.19. The summed E-state index contributed by atoms with van der Waals surface area (Å²) in [6.45, 7) is 1.99. The zero-order valence-corrected chi connectivity index (χ0v) is 7.76. The van der Waals surface area contributed by atoms with Crippen molar-refractivity contribution in [2.45, 2.75) is 6.92 Å². The zero-order valence-electron chi connectivity index (χ0n) is 6.94. The Bertz CT molecular complexity index is 475. The number of carboxylic acids is 1. The number of thiophene rings is 1. The third-order valence-electron chi connectivity index (χ3n) is 1.74. The molecule has 0 saturated heterocycles. The van der Waals surface area contributed by atoms with Gasteiger partial charge in [-0.25, -0.2) is 9.78 Å². The fourth-order valence-corrected chi connectivity index (χ4v) is 2.12. The quantitative estimate of drug-likeness (QED) is 0.756. The Labute approximate surface area is 78.7 Å². The van der Waals surface area contributed by atoms with Gasteiger partial charge in [-0.1, -0.05) is 0 Å². The summed E-state index contributed by atoms with van der Waals surface area (Å²) in [5.74, 6) is -0.979. The topological polar surface area (TPSA) is 50.2 Å². The summed E-state index contributed by atoms with van der Waals surface area (Å²) in [5, 5.41) is 9.70. The van der Waals surface area contributed by atoms with Gasteiger partial charge in [-0.15, -0.1) is 11.3 Å². The number of aromatic nitrogens is 1. The van der Waals surface area contributed by atoms with Gasteiger partial charge in [0.05, 0.1) is 0 Å². The van der Waals surface area contributed by atoms with Crippen LogP contribution in [0.4, 0.5) is 0 Å². The fraction of sp³-hybridized carbons (Fsp3) is 0.111. The highest BCUT2D eigenvalue weighted by Crippen LogP contribution is 2.24. The highest BCUT2D eigenvalue weighted by Gasteiger charge is 2.06. The molecule has 13 heavy (non-hydrogen) atoms. The minimum atomic E-state index is -0.979. The Morgan fingerprint density at radius 2 is 2.31 bits per heavy atom. The standard InChI is InChI=1S/C9H7NO2S/c1-5-2-6-4-10-7(9(11)12)3-8(6)13-5/h2-4H,1H3,(H,11,12). The molecule has 0 unspecified atom stereocenters. The second kappa shape index (κ2) is 2.81. The lowest BCUT2D eigenvalue weighted by molar-refractivity contribution is 0.0691. The maximum Gasteiger partial charge on any atom is 0.354 e. The van der Waals surface area contributed by atoms with Gasteiger partial charge in [-0.05, 0) is 19.1 Å². The number of aromatic carboxylic acids is 1. The number of hydrogen-bond acceptors (Lipinski definition) is 3. The van der Waals surface area contributed by atoms with Crippen LogP contribution in [-0.2, 0) is 0 Å². The Balaban J connectivity index is 2.67. The molecular weight excluding hydrogens is 186 g/mol. The molecule has 4 heteroatoms. The molecule has 2 rings (SSSR count). The van der Waals surface area contributed by atoms with E-state index in [1.54, 1.807) is 23.6 Å². The molecule has 0 aliphatic rings. The van der Waals surface area contributed by atoms with E-state index in [4.69, 9.17) is 5.11 Å². The minimum absolute atomic E-state index is 0.106. The number of hydrogen-bond donors (Lipinski definition) is 1. The number of carboxylic acid groups (broad SMARTS) is 1. The van der Waals surface area contributed by atoms with Crippen LogP contribution in [0.25, 0.3) is 10.1 Å². The summed E-state index contributed by atoms with van der Waals surface area (Å²) >= 11 is 1.58. The highest BCUT2D eigenvalue weighted by atomic mass is 32.1. The number of fused-ring (bicyclic) bond motifs is 1. The van der Waals surface area contributed by atoms with Crippen LogP contribution in [0.15, 0.2) is 18.3 Å². The number of aryl methyl sites for hydroxylation is 1. The van der Waals surface area contributed by atoms with E-state index < -0.39 is 5.97 Å². The van der Waals surface area contributed by atoms with Crippen molar-refractivity contribution in [2.24, 2.45) is 0 Å². The normalized spacial score (nSPS) is 10.5. The average molecular weight is 193 g/mol. The van der Waals surface area contributed by atoms with Gasteiger partial charge in [0, 0.05) is 21.2 Å². The summed E-state index contributed by atoms with van der Waals surface area (Å²) in [7, 11) is 0. The number of carbonyl (C=O) groups is 1. The van der Waals surface area contributed by atoms with Crippen molar-refractivity contribution in [3.63, 3.8) is 0 Å². The number of nitrogens with zero attached hydrogens (tertiary/aromatic N) is 1. The second-order valence-electron chi connectivity index (χ2n) is 2.77. The second-order valence-corrected chi connectivity index (χ2v) is 4.06. The first-order chi connectivity index (χ1) is 6.16. The van der Waals surface area contributed by atoms with Crippen molar-refractivity contribution >= 4 is 27.4 Å². The molecule has 0 amide bonds. The molecule has 0 radical (unpaired) electrons. The largest absolute Gasteiger partial charge is 0.477 e. The first-order valence-electron chi connectivity index (χ1n) is 3.76. The lowest BCUT2D eigenvalue weighted by Crippen LogP contribution is -1.98. The van der Waals surface area contributed by atoms with Crippen LogP contribution in [0.2, 0.25) is 0 Å². The molecule has 0 atom stereocenters. The van der Waals surface area contributed by atoms with Gasteiger partial charge in [0.25, 0.3) is 0 Å². The SMILES string of the molecule is Cc1cc2cnc(C(=O)O)cc2s1. The van der Waals surface area contributed by atoms with E-state index >= 15 is 0 Å². The molecule has 0 fully saturated rings. The summed E-state index contributed by atoms with van der Waals surface area (Å²) in [6, 6.07) is 3.61. The van der Waals surface area contributed by atoms with E-state index in [0.717, 1.165) is 10.1 Å². The minimum Gasteiger partial charge on any atom is -0.477 e. The maximum absolute atomic E-state index is 10.6. The molecule has 0 aliphatic carbocycles. The predicted molar refractivity (Wildman–Crippen MR) is 51.3 cm³/mol. The summed E-state index contributed by atoms with van der Waals surface area (Å²) in [6.07, 6.45) is 1.60. The molecule has 2 heterocycles. The van der Waals surface area contributed by atoms with Crippen LogP contribution in [0, 0.1) is 6.92 Å². The molecule has 0 aliphatic heterocycles. The third kappa shape index (κ3) is 1.40. The van der Waals surface area contributed by atoms with Crippen LogP contribution in [0.3, 0.4) is 0 Å². The number of pyridine rings is 1. The van der Waals surface area contributed by atoms with Gasteiger partial charge in [-0.3, -0.25) is 0 Å². The lowest BCUT2D eigenvalue weighted by atomic mass is 10.3. The van der Waals surface area contributed by atoms with E-state index in [1.807, 2.05) is 13.0 Å². The lowest BCUT2D eigenvalue weighted by Gasteiger charge is -1.91. The molecule has 0 spiro atoms. The fourth-order valence-electron chi connectivity index (χ4n) is 1.18. The Morgan fingerprint density at radius 1 is 1.54 bits per heavy atom. The van der Waals surface area contributed by atoms with E-state index in [2.05, 4.69) is 4.98 Å². The molecule has 3 nitrogen and oxygen atoms in total. The molecule has 0 bridgehead atoms. The molecule has 0 saturated carbocycles. The molecule has 2 aromatic heterocycles. The van der Waals surface area contributed by atoms with E-state index in [9.17, 15) is 4.79 Å². The monoisotopic (exact) mass is 193 g/mol. The van der Waals surface area contributed by atoms with Crippen molar-refractivity contribution in [3.8, 4) is 0 Å². The molecule has 66 valence electrons. The van der Waals surface area contributed by atoms with E-state index in [-0.39, 0.29) is 5.69 Å². The van der Waals surface area contributed by atoms with Crippen molar-refractivity contribution < 1.29 is 9.90 Å². The molecule has 0 aromatic carbocycles. The van der Waals surface area contributed by atoms with Gasteiger partial charge in [0.15, 0.2) is 0 Å². The van der Waals surface area contributed by atoms with Crippen molar-refractivity contribution in [2.75, 3.05) is 0 Å². The van der Waals surface area contributed by atoms with Gasteiger partial charge in [0.1, 0.15) is 5.69 Å². The smallest absolute Gasteiger partial charge is 0.354 e. The van der Waals surface area contributed by atoms with E-state index in [0.29, 0.717) is 0 Å². The summed E-state index contributed by atoms with van der Waals surface area (Å²) in [4.78, 5) is 15.6. The zero-order chi connectivity index (χ0) is 9.42. The van der Waals surface area contributed by atoms with Crippen molar-refractivity contribution in [1.82, 2.24) is 4.98 Å². The van der Waals surface area contributed by atoms with Crippen molar-refractivity contribution in [1.29, 1.82) is 0 Å². The Morgan fingerprint density at radius 3 is 3.00 bits per heavy atom. The summed E-state index contributed by atoms with van der Waals surface area (Å²) < 4.78 is 0.977. The van der Waals surface area contributed by atoms with Gasteiger partial charge in [0.2, 0.25) is 0 Å². The Hall–Kier alpha value is -1.42. The van der Waals surface area contributed by atoms with Crippen LogP contribution in [0.5, 0.6) is 0 Å². The molecule has 2 aromatic rings. The maximum atomic E-state index is 10.6. The van der Waals surface area contributed by atoms with E-state index in [1.165, 1.54) is 4.88 Å². The molecule has 1 N–H and O–H groups in total.